The van der Waals surface area contributed by atoms with E-state index in [1.807, 2.05) is 4.90 Å². The molecular weight excluding hydrogens is 228 g/mol. The third kappa shape index (κ3) is 4.58. The number of carbonyl (C=O) groups is 1. The first-order valence-corrected chi connectivity index (χ1v) is 7.06. The van der Waals surface area contributed by atoms with Gasteiger partial charge in [0.1, 0.15) is 0 Å². The van der Waals surface area contributed by atoms with Gasteiger partial charge in [0.2, 0.25) is 5.91 Å². The molecule has 4 heteroatoms. The molecule has 1 fully saturated rings. The molecule has 0 radical (unpaired) electrons. The van der Waals surface area contributed by atoms with Crippen LogP contribution in [0.3, 0.4) is 0 Å². The van der Waals surface area contributed by atoms with Crippen LogP contribution in [0.4, 0.5) is 0 Å². The van der Waals surface area contributed by atoms with Crippen LogP contribution in [0.5, 0.6) is 0 Å². The second-order valence-corrected chi connectivity index (χ2v) is 5.79. The summed E-state index contributed by atoms with van der Waals surface area (Å²) in [5, 5.41) is 0. The fourth-order valence-electron chi connectivity index (χ4n) is 2.68. The number of nitrogens with two attached hydrogens (primary N) is 1. The zero-order valence-corrected chi connectivity index (χ0v) is 12.0. The lowest BCUT2D eigenvalue weighted by Gasteiger charge is -2.34. The number of hydrogen-bond acceptors (Lipinski definition) is 3. The molecule has 18 heavy (non-hydrogen) atoms. The molecular formula is C14H28N2O2. The quantitative estimate of drug-likeness (QED) is 0.783. The maximum absolute atomic E-state index is 12.3. The predicted octanol–water partition coefficient (Wildman–Crippen LogP) is 1.49. The molecule has 0 aliphatic carbocycles. The highest BCUT2D eigenvalue weighted by Crippen LogP contribution is 2.21. The van der Waals surface area contributed by atoms with Crippen molar-refractivity contribution in [2.75, 3.05) is 33.4 Å². The molecule has 0 unspecified atom stereocenters. The van der Waals surface area contributed by atoms with Crippen molar-refractivity contribution < 1.29 is 9.53 Å². The van der Waals surface area contributed by atoms with E-state index in [4.69, 9.17) is 10.5 Å². The average Bonchev–Trinajstić information content (AvgIpc) is 2.36. The minimum atomic E-state index is 0.00368. The maximum atomic E-state index is 12.3. The van der Waals surface area contributed by atoms with Gasteiger partial charge in [-0.05, 0) is 31.1 Å². The lowest BCUT2D eigenvalue weighted by molar-refractivity contribution is -0.137. The second-order valence-electron chi connectivity index (χ2n) is 5.79. The number of hydrogen-bond donors (Lipinski definition) is 1. The fourth-order valence-corrected chi connectivity index (χ4v) is 2.68. The maximum Gasteiger partial charge on any atom is 0.226 e. The van der Waals surface area contributed by atoms with Gasteiger partial charge < -0.3 is 15.4 Å². The van der Waals surface area contributed by atoms with Crippen LogP contribution in [0.1, 0.15) is 33.1 Å². The van der Waals surface area contributed by atoms with Crippen LogP contribution in [0, 0.1) is 17.8 Å². The van der Waals surface area contributed by atoms with E-state index < -0.39 is 0 Å². The Kier molecular flexibility index (Phi) is 6.65. The Hall–Kier alpha value is -0.610. The van der Waals surface area contributed by atoms with Crippen molar-refractivity contribution in [2.45, 2.75) is 33.1 Å². The summed E-state index contributed by atoms with van der Waals surface area (Å²) in [5.41, 5.74) is 5.74. The number of amides is 1. The first kappa shape index (κ1) is 15.4. The van der Waals surface area contributed by atoms with Gasteiger partial charge in [-0.1, -0.05) is 13.8 Å². The van der Waals surface area contributed by atoms with Crippen LogP contribution in [-0.2, 0) is 9.53 Å². The van der Waals surface area contributed by atoms with Crippen molar-refractivity contribution in [2.24, 2.45) is 23.5 Å². The highest BCUT2D eigenvalue weighted by atomic mass is 16.5. The summed E-state index contributed by atoms with van der Waals surface area (Å²) in [4.78, 5) is 14.3. The second kappa shape index (κ2) is 7.74. The Labute approximate surface area is 111 Å². The normalized spacial score (nSPS) is 19.3. The number of nitrogens with zero attached hydrogens (tertiary/aromatic N) is 1. The molecule has 106 valence electrons. The number of likely N-dealkylation sites (tertiary alicyclic amines) is 1. The van der Waals surface area contributed by atoms with Crippen molar-refractivity contribution in [1.29, 1.82) is 0 Å². The summed E-state index contributed by atoms with van der Waals surface area (Å²) in [5.74, 6) is 1.39. The molecule has 1 amide bonds. The molecule has 0 spiro atoms. The number of ether oxygens (including phenoxy) is 1. The zero-order valence-electron chi connectivity index (χ0n) is 12.0. The summed E-state index contributed by atoms with van der Waals surface area (Å²) in [6, 6.07) is 0. The van der Waals surface area contributed by atoms with E-state index in [-0.39, 0.29) is 11.8 Å². The van der Waals surface area contributed by atoms with Crippen molar-refractivity contribution in [1.82, 2.24) is 4.90 Å². The smallest absolute Gasteiger partial charge is 0.226 e. The van der Waals surface area contributed by atoms with Crippen LogP contribution in [0.2, 0.25) is 0 Å². The molecule has 0 aromatic carbocycles. The van der Waals surface area contributed by atoms with Gasteiger partial charge in [0.25, 0.3) is 0 Å². The number of methoxy groups -OCH3 is 1. The summed E-state index contributed by atoms with van der Waals surface area (Å²) < 4.78 is 5.17. The summed E-state index contributed by atoms with van der Waals surface area (Å²) in [7, 11) is 1.74. The summed E-state index contributed by atoms with van der Waals surface area (Å²) >= 11 is 0. The molecule has 1 aliphatic rings. The highest BCUT2D eigenvalue weighted by molar-refractivity contribution is 5.79. The predicted molar refractivity (Wildman–Crippen MR) is 73.2 cm³/mol. The Morgan fingerprint density at radius 2 is 2.00 bits per heavy atom. The van der Waals surface area contributed by atoms with Crippen molar-refractivity contribution >= 4 is 5.91 Å². The van der Waals surface area contributed by atoms with Gasteiger partial charge in [-0.15, -0.1) is 0 Å². The lowest BCUT2D eigenvalue weighted by Crippen LogP contribution is -2.44. The molecule has 4 nitrogen and oxygen atoms in total. The minimum Gasteiger partial charge on any atom is -0.384 e. The van der Waals surface area contributed by atoms with E-state index in [9.17, 15) is 4.79 Å². The van der Waals surface area contributed by atoms with Gasteiger partial charge in [0.05, 0.1) is 5.92 Å². The number of piperidine rings is 1. The third-order valence-corrected chi connectivity index (χ3v) is 3.72. The minimum absolute atomic E-state index is 0.00368. The molecule has 1 aliphatic heterocycles. The Balaban J connectivity index is 2.42. The molecule has 0 bridgehead atoms. The summed E-state index contributed by atoms with van der Waals surface area (Å²) in [6.45, 7) is 7.29. The van der Waals surface area contributed by atoms with E-state index in [2.05, 4.69) is 13.8 Å². The summed E-state index contributed by atoms with van der Waals surface area (Å²) in [6.07, 6.45) is 3.00. The lowest BCUT2D eigenvalue weighted by atomic mass is 9.93. The molecule has 0 aromatic heterocycles. The van der Waals surface area contributed by atoms with Crippen molar-refractivity contribution in [3.63, 3.8) is 0 Å². The molecule has 1 heterocycles. The van der Waals surface area contributed by atoms with Gasteiger partial charge in [-0.3, -0.25) is 4.79 Å². The Morgan fingerprint density at radius 1 is 1.39 bits per heavy atom. The molecule has 1 rings (SSSR count). The highest BCUT2D eigenvalue weighted by Gasteiger charge is 2.27. The van der Waals surface area contributed by atoms with E-state index in [0.29, 0.717) is 18.4 Å². The van der Waals surface area contributed by atoms with Crippen LogP contribution < -0.4 is 5.73 Å². The van der Waals surface area contributed by atoms with Crippen molar-refractivity contribution in [3.05, 3.63) is 0 Å². The van der Waals surface area contributed by atoms with E-state index in [0.717, 1.165) is 39.0 Å². The van der Waals surface area contributed by atoms with Crippen molar-refractivity contribution in [3.8, 4) is 0 Å². The number of carbonyl (C=O) groups excluding carboxylic acids is 1. The van der Waals surface area contributed by atoms with Gasteiger partial charge in [0, 0.05) is 33.4 Å². The Morgan fingerprint density at radius 3 is 2.44 bits per heavy atom. The monoisotopic (exact) mass is 256 g/mol. The van der Waals surface area contributed by atoms with Gasteiger partial charge in [-0.25, -0.2) is 0 Å². The van der Waals surface area contributed by atoms with Gasteiger partial charge in [0.15, 0.2) is 0 Å². The SMILES string of the molecule is COCC1CCN(C(=O)[C@@H](CN)CC(C)C)CC1. The van der Waals surface area contributed by atoms with E-state index >= 15 is 0 Å². The molecule has 1 saturated heterocycles. The van der Waals surface area contributed by atoms with Crippen LogP contribution in [0.25, 0.3) is 0 Å². The third-order valence-electron chi connectivity index (χ3n) is 3.72. The van der Waals surface area contributed by atoms with Crippen LogP contribution >= 0.6 is 0 Å². The number of rotatable bonds is 6. The van der Waals surface area contributed by atoms with E-state index in [1.54, 1.807) is 7.11 Å². The van der Waals surface area contributed by atoms with E-state index in [1.165, 1.54) is 0 Å². The van der Waals surface area contributed by atoms with Crippen LogP contribution in [-0.4, -0.2) is 44.2 Å². The molecule has 1 atom stereocenters. The zero-order chi connectivity index (χ0) is 13.5. The van der Waals surface area contributed by atoms with Gasteiger partial charge in [-0.2, -0.15) is 0 Å². The van der Waals surface area contributed by atoms with Crippen LogP contribution in [0.15, 0.2) is 0 Å². The van der Waals surface area contributed by atoms with Gasteiger partial charge >= 0.3 is 0 Å². The molecule has 2 N–H and O–H groups in total. The standard InChI is InChI=1S/C14H28N2O2/c1-11(2)8-13(9-15)14(17)16-6-4-12(5-7-16)10-18-3/h11-13H,4-10,15H2,1-3H3/t13-/m1/s1. The average molecular weight is 256 g/mol. The fraction of sp³-hybridized carbons (Fsp3) is 0.929. The first-order chi connectivity index (χ1) is 8.58. The molecule has 0 saturated carbocycles. The first-order valence-electron chi connectivity index (χ1n) is 7.06. The Bertz CT molecular complexity index is 248. The molecule has 0 aromatic rings. The largest absolute Gasteiger partial charge is 0.384 e. The topological polar surface area (TPSA) is 55.6 Å².